The third kappa shape index (κ3) is 5.56. The van der Waals surface area contributed by atoms with E-state index in [2.05, 4.69) is 10.6 Å². The molecular weight excluding hydrogens is 440 g/mol. The largest absolute Gasteiger partial charge is 0.464 e. The van der Waals surface area contributed by atoms with Crippen LogP contribution < -0.4 is 10.6 Å². The summed E-state index contributed by atoms with van der Waals surface area (Å²) in [6, 6.07) is 5.31. The monoisotopic (exact) mass is 470 g/mol. The van der Waals surface area contributed by atoms with Crippen molar-refractivity contribution in [3.05, 3.63) is 30.0 Å². The van der Waals surface area contributed by atoms with Gasteiger partial charge < -0.3 is 19.4 Å². The van der Waals surface area contributed by atoms with Crippen LogP contribution in [0.5, 0.6) is 0 Å². The van der Waals surface area contributed by atoms with E-state index >= 15 is 0 Å². The molecule has 2 fully saturated rings. The molecule has 2 N–H and O–H groups in total. The van der Waals surface area contributed by atoms with Crippen LogP contribution in [0.15, 0.2) is 28.9 Å². The Hall–Kier alpha value is -3.40. The molecule has 0 radical (unpaired) electrons. The molecule has 2 saturated heterocycles. The standard InChI is InChI=1S/C24H30N4O6/c1-24(2,3)34-23(32)28-10-8-27(9-11-28)13-21(30)25-15-4-5-16-18(14-33-19(16)12-15)17-6-7-20(29)26-22(17)31/h4-5,12,14,17H,6-11,13H2,1-3H3,(H,25,30)(H,26,29,31). The summed E-state index contributed by atoms with van der Waals surface area (Å²) in [5.41, 5.74) is 1.35. The van der Waals surface area contributed by atoms with Crippen molar-refractivity contribution in [2.75, 3.05) is 38.0 Å². The number of nitrogens with one attached hydrogen (secondary N) is 2. The van der Waals surface area contributed by atoms with Crippen LogP contribution in [0.1, 0.15) is 45.1 Å². The van der Waals surface area contributed by atoms with Gasteiger partial charge in [0.25, 0.3) is 0 Å². The second-order valence-electron chi connectivity index (χ2n) is 9.70. The number of ether oxygens (including phenoxy) is 1. The van der Waals surface area contributed by atoms with Gasteiger partial charge in [-0.3, -0.25) is 24.6 Å². The van der Waals surface area contributed by atoms with E-state index in [0.29, 0.717) is 50.3 Å². The summed E-state index contributed by atoms with van der Waals surface area (Å²) < 4.78 is 11.0. The van der Waals surface area contributed by atoms with Crippen LogP contribution in [-0.2, 0) is 19.1 Å². The number of rotatable bonds is 4. The summed E-state index contributed by atoms with van der Waals surface area (Å²) in [4.78, 5) is 52.0. The predicted molar refractivity (Wildman–Crippen MR) is 124 cm³/mol. The fourth-order valence-electron chi connectivity index (χ4n) is 4.21. The zero-order chi connectivity index (χ0) is 24.5. The maximum atomic E-state index is 12.6. The Morgan fingerprint density at radius 2 is 1.91 bits per heavy atom. The van der Waals surface area contributed by atoms with E-state index in [1.807, 2.05) is 31.7 Å². The van der Waals surface area contributed by atoms with E-state index in [0.717, 1.165) is 10.9 Å². The summed E-state index contributed by atoms with van der Waals surface area (Å²) in [7, 11) is 0. The van der Waals surface area contributed by atoms with Crippen LogP contribution >= 0.6 is 0 Å². The highest BCUT2D eigenvalue weighted by Crippen LogP contribution is 2.33. The molecule has 0 spiro atoms. The number of benzene rings is 1. The molecule has 0 saturated carbocycles. The van der Waals surface area contributed by atoms with E-state index in [-0.39, 0.29) is 30.4 Å². The minimum atomic E-state index is -0.536. The van der Waals surface area contributed by atoms with Gasteiger partial charge in [0.05, 0.1) is 18.7 Å². The molecule has 4 rings (SSSR count). The molecule has 2 aromatic rings. The fourth-order valence-corrected chi connectivity index (χ4v) is 4.21. The van der Waals surface area contributed by atoms with Crippen molar-refractivity contribution >= 4 is 40.5 Å². The lowest BCUT2D eigenvalue weighted by Gasteiger charge is -2.35. The number of hydrogen-bond acceptors (Lipinski definition) is 7. The third-order valence-electron chi connectivity index (χ3n) is 5.90. The molecule has 2 aliphatic heterocycles. The Morgan fingerprint density at radius 1 is 1.18 bits per heavy atom. The number of hydrogen-bond donors (Lipinski definition) is 2. The molecule has 182 valence electrons. The second kappa shape index (κ2) is 9.46. The Labute approximate surface area is 197 Å². The first-order valence-electron chi connectivity index (χ1n) is 11.4. The number of imide groups is 1. The lowest BCUT2D eigenvalue weighted by Crippen LogP contribution is -2.51. The number of piperazine rings is 1. The van der Waals surface area contributed by atoms with E-state index in [4.69, 9.17) is 9.15 Å². The molecule has 34 heavy (non-hydrogen) atoms. The van der Waals surface area contributed by atoms with Gasteiger partial charge in [0.2, 0.25) is 17.7 Å². The molecular formula is C24H30N4O6. The summed E-state index contributed by atoms with van der Waals surface area (Å²) in [6.45, 7) is 7.88. The van der Waals surface area contributed by atoms with Crippen molar-refractivity contribution in [1.82, 2.24) is 15.1 Å². The Bertz CT molecular complexity index is 1110. The van der Waals surface area contributed by atoms with E-state index < -0.39 is 11.5 Å². The average Bonchev–Trinajstić information content (AvgIpc) is 3.16. The smallest absolute Gasteiger partial charge is 0.410 e. The quantitative estimate of drug-likeness (QED) is 0.659. The molecule has 0 aliphatic carbocycles. The topological polar surface area (TPSA) is 121 Å². The first kappa shape index (κ1) is 23.7. The van der Waals surface area contributed by atoms with E-state index in [1.54, 1.807) is 23.3 Å². The van der Waals surface area contributed by atoms with Gasteiger partial charge in [-0.2, -0.15) is 0 Å². The van der Waals surface area contributed by atoms with Crippen LogP contribution in [0.4, 0.5) is 10.5 Å². The van der Waals surface area contributed by atoms with Crippen molar-refractivity contribution in [2.45, 2.75) is 45.1 Å². The highest BCUT2D eigenvalue weighted by atomic mass is 16.6. The summed E-state index contributed by atoms with van der Waals surface area (Å²) in [6.07, 6.45) is 1.95. The van der Waals surface area contributed by atoms with Crippen LogP contribution in [-0.4, -0.2) is 71.9 Å². The van der Waals surface area contributed by atoms with Crippen LogP contribution in [0.25, 0.3) is 11.0 Å². The Balaban J connectivity index is 1.31. The zero-order valence-electron chi connectivity index (χ0n) is 19.7. The minimum Gasteiger partial charge on any atom is -0.464 e. The highest BCUT2D eigenvalue weighted by molar-refractivity contribution is 6.03. The van der Waals surface area contributed by atoms with Gasteiger partial charge in [-0.1, -0.05) is 0 Å². The number of carbonyl (C=O) groups excluding carboxylic acids is 4. The van der Waals surface area contributed by atoms with Crippen molar-refractivity contribution in [2.24, 2.45) is 0 Å². The molecule has 4 amide bonds. The predicted octanol–water partition coefficient (Wildman–Crippen LogP) is 2.44. The highest BCUT2D eigenvalue weighted by Gasteiger charge is 2.30. The summed E-state index contributed by atoms with van der Waals surface area (Å²) in [5, 5.41) is 6.03. The molecule has 10 nitrogen and oxygen atoms in total. The summed E-state index contributed by atoms with van der Waals surface area (Å²) in [5.74, 6) is -1.17. The fraction of sp³-hybridized carbons (Fsp3) is 0.500. The minimum absolute atomic E-state index is 0.165. The van der Waals surface area contributed by atoms with Crippen molar-refractivity contribution in [3.63, 3.8) is 0 Å². The number of piperidine rings is 1. The van der Waals surface area contributed by atoms with Gasteiger partial charge in [-0.25, -0.2) is 4.79 Å². The van der Waals surface area contributed by atoms with Gasteiger partial charge in [0, 0.05) is 55.3 Å². The first-order valence-corrected chi connectivity index (χ1v) is 11.4. The molecule has 1 atom stereocenters. The number of nitrogens with zero attached hydrogens (tertiary/aromatic N) is 2. The Kier molecular flexibility index (Phi) is 6.60. The van der Waals surface area contributed by atoms with Gasteiger partial charge in [0.15, 0.2) is 0 Å². The number of furan rings is 1. The number of carbonyl (C=O) groups is 4. The zero-order valence-corrected chi connectivity index (χ0v) is 19.7. The molecule has 1 aromatic heterocycles. The van der Waals surface area contributed by atoms with Gasteiger partial charge in [-0.05, 0) is 39.3 Å². The maximum Gasteiger partial charge on any atom is 0.410 e. The maximum absolute atomic E-state index is 12.6. The van der Waals surface area contributed by atoms with Crippen molar-refractivity contribution < 1.29 is 28.3 Å². The number of anilines is 1. The van der Waals surface area contributed by atoms with Gasteiger partial charge in [-0.15, -0.1) is 0 Å². The lowest BCUT2D eigenvalue weighted by molar-refractivity contribution is -0.134. The van der Waals surface area contributed by atoms with E-state index in [1.165, 1.54) is 0 Å². The SMILES string of the molecule is CC(C)(C)OC(=O)N1CCN(CC(=O)Nc2ccc3c(C4CCC(=O)NC4=O)coc3c2)CC1. The van der Waals surface area contributed by atoms with Gasteiger partial charge >= 0.3 is 6.09 Å². The number of fused-ring (bicyclic) bond motifs is 1. The van der Waals surface area contributed by atoms with Crippen LogP contribution in [0, 0.1) is 0 Å². The molecule has 1 unspecified atom stereocenters. The Morgan fingerprint density at radius 3 is 2.59 bits per heavy atom. The van der Waals surface area contributed by atoms with Crippen molar-refractivity contribution in [1.29, 1.82) is 0 Å². The van der Waals surface area contributed by atoms with Crippen LogP contribution in [0.2, 0.25) is 0 Å². The van der Waals surface area contributed by atoms with E-state index in [9.17, 15) is 19.2 Å². The molecule has 1 aromatic carbocycles. The molecule has 3 heterocycles. The lowest BCUT2D eigenvalue weighted by atomic mass is 9.90. The number of amides is 4. The molecule has 2 aliphatic rings. The third-order valence-corrected chi connectivity index (χ3v) is 5.90. The second-order valence-corrected chi connectivity index (χ2v) is 9.70. The summed E-state index contributed by atoms with van der Waals surface area (Å²) >= 11 is 0. The normalized spacial score (nSPS) is 19.7. The molecule has 10 heteroatoms. The van der Waals surface area contributed by atoms with Crippen LogP contribution in [0.3, 0.4) is 0 Å². The average molecular weight is 471 g/mol. The van der Waals surface area contributed by atoms with Crippen molar-refractivity contribution in [3.8, 4) is 0 Å². The first-order chi connectivity index (χ1) is 16.1. The molecule has 0 bridgehead atoms. The van der Waals surface area contributed by atoms with Gasteiger partial charge in [0.1, 0.15) is 11.2 Å².